The van der Waals surface area contributed by atoms with E-state index in [0.29, 0.717) is 34.4 Å². The third kappa shape index (κ3) is 6.17. The van der Waals surface area contributed by atoms with Crippen molar-refractivity contribution in [3.8, 4) is 6.07 Å². The van der Waals surface area contributed by atoms with Crippen LogP contribution in [0.5, 0.6) is 0 Å². The molecule has 0 aliphatic heterocycles. The standard InChI is InChI=1S/C25H26ClN5O4S/c1-4-30-21-8-7-17(11-19(21)24(34)31(14-36-3)25(30)35)28-22(32)9-15(2)10-23(33)29-18-6-5-16(13-27)20(26)12-18/h5-8,11-12,15H,4,9-10,14H2,1-3H3,(H,28,32)(H,29,33). The maximum absolute atomic E-state index is 12.9. The predicted molar refractivity (Wildman–Crippen MR) is 143 cm³/mol. The second-order valence-corrected chi connectivity index (χ2v) is 9.57. The van der Waals surface area contributed by atoms with Crippen LogP contribution in [0.1, 0.15) is 32.3 Å². The van der Waals surface area contributed by atoms with Crippen LogP contribution in [0.4, 0.5) is 11.4 Å². The van der Waals surface area contributed by atoms with Gasteiger partial charge in [-0.25, -0.2) is 9.36 Å². The fourth-order valence-electron chi connectivity index (χ4n) is 3.86. The fourth-order valence-corrected chi connectivity index (χ4v) is 4.57. The summed E-state index contributed by atoms with van der Waals surface area (Å²) < 4.78 is 2.71. The quantitative estimate of drug-likeness (QED) is 0.433. The van der Waals surface area contributed by atoms with Gasteiger partial charge in [0, 0.05) is 30.8 Å². The van der Waals surface area contributed by atoms with Gasteiger partial charge in [0.05, 0.1) is 27.4 Å². The maximum Gasteiger partial charge on any atom is 0.332 e. The molecule has 1 unspecified atom stereocenters. The van der Waals surface area contributed by atoms with E-state index in [9.17, 15) is 19.2 Å². The summed E-state index contributed by atoms with van der Waals surface area (Å²) in [4.78, 5) is 50.5. The number of fused-ring (bicyclic) bond motifs is 1. The molecule has 0 bridgehead atoms. The number of hydrogen-bond acceptors (Lipinski definition) is 6. The van der Waals surface area contributed by atoms with E-state index in [1.54, 1.807) is 31.2 Å². The molecule has 1 atom stereocenters. The monoisotopic (exact) mass is 527 g/mol. The van der Waals surface area contributed by atoms with Crippen LogP contribution in [-0.4, -0.2) is 27.2 Å². The summed E-state index contributed by atoms with van der Waals surface area (Å²) in [7, 11) is 0. The van der Waals surface area contributed by atoms with Gasteiger partial charge >= 0.3 is 5.69 Å². The Morgan fingerprint density at radius 1 is 1.06 bits per heavy atom. The first-order valence-corrected chi connectivity index (χ1v) is 13.0. The van der Waals surface area contributed by atoms with E-state index >= 15 is 0 Å². The van der Waals surface area contributed by atoms with Gasteiger partial charge in [0.1, 0.15) is 6.07 Å². The van der Waals surface area contributed by atoms with Crippen molar-refractivity contribution in [3.63, 3.8) is 0 Å². The molecule has 1 heterocycles. The van der Waals surface area contributed by atoms with Crippen molar-refractivity contribution < 1.29 is 9.59 Å². The van der Waals surface area contributed by atoms with Crippen LogP contribution < -0.4 is 21.9 Å². The van der Waals surface area contributed by atoms with Crippen molar-refractivity contribution in [2.24, 2.45) is 5.92 Å². The summed E-state index contributed by atoms with van der Waals surface area (Å²) in [6.07, 6.45) is 2.00. The first-order chi connectivity index (χ1) is 17.2. The highest BCUT2D eigenvalue weighted by atomic mass is 35.5. The van der Waals surface area contributed by atoms with Crippen molar-refractivity contribution in [1.82, 2.24) is 9.13 Å². The molecule has 0 saturated carbocycles. The highest BCUT2D eigenvalue weighted by Gasteiger charge is 2.16. The van der Waals surface area contributed by atoms with Crippen molar-refractivity contribution >= 4 is 57.5 Å². The minimum Gasteiger partial charge on any atom is -0.326 e. The number of halogens is 1. The second kappa shape index (κ2) is 11.9. The minimum absolute atomic E-state index is 0.0880. The number of aryl methyl sites for hydroxylation is 1. The Hall–Kier alpha value is -3.55. The zero-order valence-electron chi connectivity index (χ0n) is 20.1. The molecular formula is C25H26ClN5O4S. The fraction of sp³-hybridized carbons (Fsp3) is 0.320. The minimum atomic E-state index is -0.405. The van der Waals surface area contributed by atoms with Crippen LogP contribution >= 0.6 is 23.4 Å². The zero-order valence-corrected chi connectivity index (χ0v) is 21.7. The number of benzene rings is 2. The van der Waals surface area contributed by atoms with Crippen LogP contribution in [0.25, 0.3) is 10.9 Å². The molecule has 1 aromatic heterocycles. The first-order valence-electron chi connectivity index (χ1n) is 11.2. The zero-order chi connectivity index (χ0) is 26.4. The molecular weight excluding hydrogens is 502 g/mol. The summed E-state index contributed by atoms with van der Waals surface area (Å²) in [6, 6.07) is 11.4. The molecule has 2 amide bonds. The van der Waals surface area contributed by atoms with Gasteiger partial charge in [0.25, 0.3) is 5.56 Å². The predicted octanol–water partition coefficient (Wildman–Crippen LogP) is 4.02. The second-order valence-electron chi connectivity index (χ2n) is 8.33. The summed E-state index contributed by atoms with van der Waals surface area (Å²) in [5.74, 6) is -0.611. The number of nitrogens with zero attached hydrogens (tertiary/aromatic N) is 3. The number of rotatable bonds is 9. The molecule has 0 saturated heterocycles. The van der Waals surface area contributed by atoms with Gasteiger partial charge in [-0.05, 0) is 55.5 Å². The van der Waals surface area contributed by atoms with Gasteiger partial charge in [0.15, 0.2) is 0 Å². The van der Waals surface area contributed by atoms with E-state index in [0.717, 1.165) is 0 Å². The number of thioether (sulfide) groups is 1. The Kier molecular flexibility index (Phi) is 8.96. The largest absolute Gasteiger partial charge is 0.332 e. The molecule has 0 radical (unpaired) electrons. The third-order valence-electron chi connectivity index (χ3n) is 5.52. The van der Waals surface area contributed by atoms with E-state index in [1.165, 1.54) is 33.0 Å². The Bertz CT molecular complexity index is 1470. The molecule has 0 aliphatic carbocycles. The van der Waals surface area contributed by atoms with Gasteiger partial charge in [-0.2, -0.15) is 5.26 Å². The number of carbonyl (C=O) groups is 2. The number of nitrogens with one attached hydrogen (secondary N) is 2. The SMILES string of the molecule is CCn1c(=O)n(CSC)c(=O)c2cc(NC(=O)CC(C)CC(=O)Nc3ccc(C#N)c(Cl)c3)ccc21. The average Bonchev–Trinajstić information content (AvgIpc) is 2.82. The molecule has 3 aromatic rings. The van der Waals surface area contributed by atoms with Crippen LogP contribution in [0.15, 0.2) is 46.0 Å². The number of amides is 2. The van der Waals surface area contributed by atoms with Crippen molar-refractivity contribution in [3.05, 3.63) is 67.8 Å². The van der Waals surface area contributed by atoms with Gasteiger partial charge in [-0.1, -0.05) is 18.5 Å². The topological polar surface area (TPSA) is 126 Å². The molecule has 0 aliphatic rings. The Morgan fingerprint density at radius 3 is 2.22 bits per heavy atom. The van der Waals surface area contributed by atoms with Gasteiger partial charge in [-0.3, -0.25) is 19.0 Å². The molecule has 0 fully saturated rings. The number of carbonyl (C=O) groups excluding carboxylic acids is 2. The van der Waals surface area contributed by atoms with Crippen LogP contribution in [0.3, 0.4) is 0 Å². The summed E-state index contributed by atoms with van der Waals surface area (Å²) >= 11 is 7.36. The maximum atomic E-state index is 12.9. The lowest BCUT2D eigenvalue weighted by Gasteiger charge is -2.14. The number of hydrogen-bond donors (Lipinski definition) is 2. The van der Waals surface area contributed by atoms with Crippen LogP contribution in [0.2, 0.25) is 5.02 Å². The summed E-state index contributed by atoms with van der Waals surface area (Å²) in [5, 5.41) is 15.0. The molecule has 188 valence electrons. The molecule has 9 nitrogen and oxygen atoms in total. The molecule has 36 heavy (non-hydrogen) atoms. The van der Waals surface area contributed by atoms with Crippen LogP contribution in [-0.2, 0) is 22.0 Å². The van der Waals surface area contributed by atoms with E-state index < -0.39 is 5.56 Å². The molecule has 3 rings (SSSR count). The van der Waals surface area contributed by atoms with Gasteiger partial charge < -0.3 is 10.6 Å². The Balaban J connectivity index is 1.68. The van der Waals surface area contributed by atoms with E-state index in [-0.39, 0.29) is 47.2 Å². The normalized spacial score (nSPS) is 11.6. The third-order valence-corrected chi connectivity index (χ3v) is 6.35. The van der Waals surface area contributed by atoms with E-state index in [4.69, 9.17) is 16.9 Å². The Morgan fingerprint density at radius 2 is 1.67 bits per heavy atom. The summed E-state index contributed by atoms with van der Waals surface area (Å²) in [6.45, 7) is 4.02. The average molecular weight is 528 g/mol. The van der Waals surface area contributed by atoms with E-state index in [1.807, 2.05) is 19.2 Å². The van der Waals surface area contributed by atoms with Gasteiger partial charge in [-0.15, -0.1) is 11.8 Å². The Labute approximate surface area is 217 Å². The smallest absolute Gasteiger partial charge is 0.326 e. The lowest BCUT2D eigenvalue weighted by atomic mass is 10.0. The number of nitriles is 1. The van der Waals surface area contributed by atoms with Crippen molar-refractivity contribution in [2.45, 2.75) is 39.1 Å². The highest BCUT2D eigenvalue weighted by Crippen LogP contribution is 2.21. The molecule has 11 heteroatoms. The molecule has 0 spiro atoms. The van der Waals surface area contributed by atoms with Gasteiger partial charge in [0.2, 0.25) is 11.8 Å². The molecule has 2 N–H and O–H groups in total. The van der Waals surface area contributed by atoms with Crippen molar-refractivity contribution in [2.75, 3.05) is 16.9 Å². The van der Waals surface area contributed by atoms with Crippen LogP contribution in [0, 0.1) is 17.2 Å². The number of anilines is 2. The lowest BCUT2D eigenvalue weighted by Crippen LogP contribution is -2.39. The van der Waals surface area contributed by atoms with Crippen molar-refractivity contribution in [1.29, 1.82) is 5.26 Å². The first kappa shape index (κ1) is 27.0. The summed E-state index contributed by atoms with van der Waals surface area (Å²) in [5.41, 5.74) is 0.958. The lowest BCUT2D eigenvalue weighted by molar-refractivity contribution is -0.118. The highest BCUT2D eigenvalue weighted by molar-refractivity contribution is 7.97. The molecule has 2 aromatic carbocycles. The van der Waals surface area contributed by atoms with E-state index in [2.05, 4.69) is 10.6 Å². The number of aromatic nitrogens is 2.